The average molecular weight is 295 g/mol. The molecule has 0 aromatic carbocycles. The monoisotopic (exact) mass is 295 g/mol. The van der Waals surface area contributed by atoms with E-state index in [2.05, 4.69) is 52.9 Å². The predicted octanol–water partition coefficient (Wildman–Crippen LogP) is 2.96. The highest BCUT2D eigenvalue weighted by atomic mass is 16.5. The predicted molar refractivity (Wildman–Crippen MR) is 87.1 cm³/mol. The first-order valence-electron chi connectivity index (χ1n) is 7.91. The van der Waals surface area contributed by atoms with Crippen molar-refractivity contribution in [3.8, 4) is 6.01 Å². The Morgan fingerprint density at radius 3 is 2.24 bits per heavy atom. The number of hydrogen-bond donors (Lipinski definition) is 1. The largest absolute Gasteiger partial charge is 0.460 e. The van der Waals surface area contributed by atoms with Crippen molar-refractivity contribution < 1.29 is 4.74 Å². The van der Waals surface area contributed by atoms with E-state index in [4.69, 9.17) is 4.74 Å². The molecule has 6 heteroatoms. The maximum absolute atomic E-state index is 5.86. The molecule has 21 heavy (non-hydrogen) atoms. The molecule has 1 atom stereocenters. The van der Waals surface area contributed by atoms with Gasteiger partial charge in [0, 0.05) is 19.6 Å². The van der Waals surface area contributed by atoms with E-state index in [0.29, 0.717) is 23.8 Å². The Labute approximate surface area is 128 Å². The van der Waals surface area contributed by atoms with E-state index in [0.717, 1.165) is 26.1 Å². The van der Waals surface area contributed by atoms with Gasteiger partial charge >= 0.3 is 6.01 Å². The van der Waals surface area contributed by atoms with Gasteiger partial charge in [-0.3, -0.25) is 0 Å². The van der Waals surface area contributed by atoms with E-state index in [-0.39, 0.29) is 6.10 Å². The molecule has 1 aromatic heterocycles. The highest BCUT2D eigenvalue weighted by Gasteiger charge is 2.14. The van der Waals surface area contributed by atoms with Crippen LogP contribution in [0.25, 0.3) is 0 Å². The van der Waals surface area contributed by atoms with Crippen molar-refractivity contribution in [1.29, 1.82) is 0 Å². The van der Waals surface area contributed by atoms with Crippen LogP contribution < -0.4 is 15.0 Å². The van der Waals surface area contributed by atoms with Crippen LogP contribution in [0.3, 0.4) is 0 Å². The second-order valence-corrected chi connectivity index (χ2v) is 5.50. The van der Waals surface area contributed by atoms with Gasteiger partial charge < -0.3 is 15.0 Å². The number of nitrogens with one attached hydrogen (secondary N) is 1. The van der Waals surface area contributed by atoms with E-state index < -0.39 is 0 Å². The minimum atomic E-state index is 0.0893. The van der Waals surface area contributed by atoms with Gasteiger partial charge in [-0.15, -0.1) is 0 Å². The highest BCUT2D eigenvalue weighted by molar-refractivity contribution is 5.38. The van der Waals surface area contributed by atoms with E-state index in [1.54, 1.807) is 0 Å². The van der Waals surface area contributed by atoms with Gasteiger partial charge in [-0.1, -0.05) is 13.8 Å². The summed E-state index contributed by atoms with van der Waals surface area (Å²) in [6, 6.07) is 0.399. The van der Waals surface area contributed by atoms with Gasteiger partial charge in [-0.05, 0) is 40.0 Å². The van der Waals surface area contributed by atoms with Gasteiger partial charge in [-0.25, -0.2) is 0 Å². The van der Waals surface area contributed by atoms with Crippen LogP contribution in [0.15, 0.2) is 0 Å². The van der Waals surface area contributed by atoms with Crippen LogP contribution in [0.4, 0.5) is 11.9 Å². The molecule has 0 saturated heterocycles. The molecule has 1 heterocycles. The normalized spacial score (nSPS) is 12.3. The first-order valence-corrected chi connectivity index (χ1v) is 7.91. The summed E-state index contributed by atoms with van der Waals surface area (Å²) >= 11 is 0. The third kappa shape index (κ3) is 5.73. The zero-order chi connectivity index (χ0) is 15.8. The molecule has 0 aliphatic heterocycles. The molecule has 0 spiro atoms. The molecular formula is C15H29N5O. The van der Waals surface area contributed by atoms with Crippen molar-refractivity contribution in [2.75, 3.05) is 29.9 Å². The highest BCUT2D eigenvalue weighted by Crippen LogP contribution is 2.17. The molecule has 1 unspecified atom stereocenters. The van der Waals surface area contributed by atoms with Crippen molar-refractivity contribution >= 4 is 11.9 Å². The van der Waals surface area contributed by atoms with Gasteiger partial charge in [0.15, 0.2) is 0 Å². The lowest BCUT2D eigenvalue weighted by Gasteiger charge is -2.21. The lowest BCUT2D eigenvalue weighted by Crippen LogP contribution is -2.26. The quantitative estimate of drug-likeness (QED) is 0.755. The second kappa shape index (κ2) is 8.64. The number of rotatable bonds is 9. The van der Waals surface area contributed by atoms with Crippen molar-refractivity contribution in [2.24, 2.45) is 5.92 Å². The SMILES string of the molecule is CCNc1nc(OC(C)CC(C)C)nc(N(CC)CC)n1. The molecule has 1 aromatic rings. The molecule has 0 radical (unpaired) electrons. The summed E-state index contributed by atoms with van der Waals surface area (Å²) in [5.41, 5.74) is 0. The maximum Gasteiger partial charge on any atom is 0.323 e. The third-order valence-corrected chi connectivity index (χ3v) is 3.09. The number of hydrogen-bond acceptors (Lipinski definition) is 6. The smallest absolute Gasteiger partial charge is 0.323 e. The molecular weight excluding hydrogens is 266 g/mol. The fourth-order valence-corrected chi connectivity index (χ4v) is 2.18. The number of nitrogens with zero attached hydrogens (tertiary/aromatic N) is 4. The summed E-state index contributed by atoms with van der Waals surface area (Å²) in [7, 11) is 0. The molecule has 0 saturated carbocycles. The lowest BCUT2D eigenvalue weighted by molar-refractivity contribution is 0.177. The molecule has 0 amide bonds. The number of anilines is 2. The van der Waals surface area contributed by atoms with Gasteiger partial charge in [0.2, 0.25) is 11.9 Å². The molecule has 6 nitrogen and oxygen atoms in total. The second-order valence-electron chi connectivity index (χ2n) is 5.50. The van der Waals surface area contributed by atoms with E-state index in [1.807, 2.05) is 13.8 Å². The molecule has 0 bridgehead atoms. The minimum Gasteiger partial charge on any atom is -0.460 e. The standard InChI is InChI=1S/C15H29N5O/c1-7-16-13-17-14(20(8-2)9-3)19-15(18-13)21-12(6)10-11(4)5/h11-12H,7-10H2,1-6H3,(H,16,17,18,19). The zero-order valence-electron chi connectivity index (χ0n) is 14.2. The number of aromatic nitrogens is 3. The fraction of sp³-hybridized carbons (Fsp3) is 0.800. The van der Waals surface area contributed by atoms with Crippen molar-refractivity contribution in [2.45, 2.75) is 54.1 Å². The van der Waals surface area contributed by atoms with Crippen LogP contribution in [0.2, 0.25) is 0 Å². The molecule has 120 valence electrons. The van der Waals surface area contributed by atoms with E-state index in [9.17, 15) is 0 Å². The topological polar surface area (TPSA) is 63.2 Å². The summed E-state index contributed by atoms with van der Waals surface area (Å²) in [6.45, 7) is 15.1. The Morgan fingerprint density at radius 1 is 1.05 bits per heavy atom. The minimum absolute atomic E-state index is 0.0893. The Balaban J connectivity index is 2.96. The summed E-state index contributed by atoms with van der Waals surface area (Å²) in [5, 5.41) is 3.14. The Kier molecular flexibility index (Phi) is 7.19. The first-order chi connectivity index (χ1) is 9.99. The lowest BCUT2D eigenvalue weighted by atomic mass is 10.1. The van der Waals surface area contributed by atoms with E-state index >= 15 is 0 Å². The van der Waals surface area contributed by atoms with Crippen molar-refractivity contribution in [3.05, 3.63) is 0 Å². The summed E-state index contributed by atoms with van der Waals surface area (Å²) in [4.78, 5) is 15.3. The first kappa shape index (κ1) is 17.5. The van der Waals surface area contributed by atoms with Crippen LogP contribution in [-0.2, 0) is 0 Å². The van der Waals surface area contributed by atoms with Crippen LogP contribution in [0.5, 0.6) is 6.01 Å². The molecule has 1 rings (SSSR count). The van der Waals surface area contributed by atoms with Crippen LogP contribution in [0, 0.1) is 5.92 Å². The van der Waals surface area contributed by atoms with Crippen LogP contribution in [0.1, 0.15) is 48.0 Å². The van der Waals surface area contributed by atoms with Crippen LogP contribution >= 0.6 is 0 Å². The van der Waals surface area contributed by atoms with Gasteiger partial charge in [-0.2, -0.15) is 15.0 Å². The molecule has 0 aliphatic carbocycles. The van der Waals surface area contributed by atoms with Crippen molar-refractivity contribution in [3.63, 3.8) is 0 Å². The summed E-state index contributed by atoms with van der Waals surface area (Å²) < 4.78 is 5.86. The average Bonchev–Trinajstić information content (AvgIpc) is 2.39. The maximum atomic E-state index is 5.86. The van der Waals surface area contributed by atoms with Crippen LogP contribution in [-0.4, -0.2) is 40.7 Å². The van der Waals surface area contributed by atoms with Gasteiger partial charge in [0.05, 0.1) is 6.10 Å². The molecule has 1 N–H and O–H groups in total. The number of ether oxygens (including phenoxy) is 1. The summed E-state index contributed by atoms with van der Waals surface area (Å²) in [5.74, 6) is 1.82. The van der Waals surface area contributed by atoms with Gasteiger partial charge in [0.25, 0.3) is 0 Å². The fourth-order valence-electron chi connectivity index (χ4n) is 2.18. The Bertz CT molecular complexity index is 421. The molecule has 0 fully saturated rings. The van der Waals surface area contributed by atoms with E-state index in [1.165, 1.54) is 0 Å². The van der Waals surface area contributed by atoms with Crippen molar-refractivity contribution in [1.82, 2.24) is 15.0 Å². The van der Waals surface area contributed by atoms with Gasteiger partial charge in [0.1, 0.15) is 0 Å². The zero-order valence-corrected chi connectivity index (χ0v) is 14.2. The third-order valence-electron chi connectivity index (χ3n) is 3.09. The summed E-state index contributed by atoms with van der Waals surface area (Å²) in [6.07, 6.45) is 1.06. The Hall–Kier alpha value is -1.59. The Morgan fingerprint density at radius 2 is 1.71 bits per heavy atom. The molecule has 0 aliphatic rings.